The van der Waals surface area contributed by atoms with Crippen LogP contribution in [-0.4, -0.2) is 4.92 Å². The molecule has 0 fully saturated rings. The van der Waals surface area contributed by atoms with E-state index in [1.807, 2.05) is 0 Å². The lowest BCUT2D eigenvalue weighted by molar-refractivity contribution is -0.387. The van der Waals surface area contributed by atoms with Crippen molar-refractivity contribution in [3.8, 4) is 0 Å². The number of hydrogen-bond donors (Lipinski definition) is 1. The van der Waals surface area contributed by atoms with Gasteiger partial charge in [-0.15, -0.1) is 0 Å². The van der Waals surface area contributed by atoms with Crippen LogP contribution < -0.4 is 5.73 Å². The van der Waals surface area contributed by atoms with E-state index in [0.29, 0.717) is 15.4 Å². The molecule has 0 saturated carbocycles. The highest BCUT2D eigenvalue weighted by atomic mass is 32.2. The van der Waals surface area contributed by atoms with Gasteiger partial charge in [-0.2, -0.15) is 0 Å². The first kappa shape index (κ1) is 14.5. The highest BCUT2D eigenvalue weighted by molar-refractivity contribution is 7.99. The standard InChI is InChI=1S/C14H13FN2O2S/c1-9(16)10-5-4-6-11(15)14(10)20-13-8-3-2-7-12(13)17(18)19/h2-9H,16H2,1H3. The molecule has 2 N–H and O–H groups in total. The third-order valence-corrected chi connectivity index (χ3v) is 3.96. The van der Waals surface area contributed by atoms with Gasteiger partial charge in [-0.25, -0.2) is 4.39 Å². The number of hydrogen-bond acceptors (Lipinski definition) is 4. The van der Waals surface area contributed by atoms with Crippen molar-refractivity contribution in [2.45, 2.75) is 22.8 Å². The molecule has 0 aliphatic rings. The van der Waals surface area contributed by atoms with E-state index in [9.17, 15) is 14.5 Å². The number of nitrogens with zero attached hydrogens (tertiary/aromatic N) is 1. The van der Waals surface area contributed by atoms with E-state index >= 15 is 0 Å². The second-order valence-electron chi connectivity index (χ2n) is 4.27. The maximum atomic E-state index is 14.0. The Morgan fingerprint density at radius 2 is 1.95 bits per heavy atom. The normalized spacial score (nSPS) is 12.2. The number of nitro benzene ring substituents is 1. The van der Waals surface area contributed by atoms with Gasteiger partial charge in [0.2, 0.25) is 0 Å². The summed E-state index contributed by atoms with van der Waals surface area (Å²) in [6.45, 7) is 1.75. The van der Waals surface area contributed by atoms with Crippen LogP contribution in [0.1, 0.15) is 18.5 Å². The first-order valence-electron chi connectivity index (χ1n) is 5.96. The Morgan fingerprint density at radius 1 is 1.25 bits per heavy atom. The molecule has 0 aromatic heterocycles. The van der Waals surface area contributed by atoms with Crippen molar-refractivity contribution in [2.24, 2.45) is 5.73 Å². The smallest absolute Gasteiger partial charge is 0.283 e. The van der Waals surface area contributed by atoms with Gasteiger partial charge in [0.1, 0.15) is 5.82 Å². The highest BCUT2D eigenvalue weighted by Gasteiger charge is 2.18. The molecular weight excluding hydrogens is 279 g/mol. The average Bonchev–Trinajstić information content (AvgIpc) is 2.41. The molecule has 20 heavy (non-hydrogen) atoms. The van der Waals surface area contributed by atoms with Crippen LogP contribution in [0.25, 0.3) is 0 Å². The fraction of sp³-hybridized carbons (Fsp3) is 0.143. The second-order valence-corrected chi connectivity index (χ2v) is 5.33. The summed E-state index contributed by atoms with van der Waals surface area (Å²) in [6, 6.07) is 10.5. The van der Waals surface area contributed by atoms with Crippen molar-refractivity contribution >= 4 is 17.4 Å². The molecule has 0 bridgehead atoms. The van der Waals surface area contributed by atoms with Crippen LogP contribution in [0.5, 0.6) is 0 Å². The highest BCUT2D eigenvalue weighted by Crippen LogP contribution is 2.38. The maximum Gasteiger partial charge on any atom is 0.283 e. The summed E-state index contributed by atoms with van der Waals surface area (Å²) in [5.74, 6) is -0.428. The SMILES string of the molecule is CC(N)c1cccc(F)c1Sc1ccccc1[N+](=O)[O-]. The summed E-state index contributed by atoms with van der Waals surface area (Å²) >= 11 is 1.03. The van der Waals surface area contributed by atoms with Crippen molar-refractivity contribution < 1.29 is 9.31 Å². The monoisotopic (exact) mass is 292 g/mol. The van der Waals surface area contributed by atoms with Gasteiger partial charge in [0, 0.05) is 12.1 Å². The molecule has 0 spiro atoms. The van der Waals surface area contributed by atoms with Gasteiger partial charge in [0.25, 0.3) is 5.69 Å². The van der Waals surface area contributed by atoms with Crippen LogP contribution >= 0.6 is 11.8 Å². The molecule has 4 nitrogen and oxygen atoms in total. The second kappa shape index (κ2) is 6.02. The van der Waals surface area contributed by atoms with Gasteiger partial charge < -0.3 is 5.73 Å². The number of rotatable bonds is 4. The van der Waals surface area contributed by atoms with Crippen molar-refractivity contribution in [2.75, 3.05) is 0 Å². The van der Waals surface area contributed by atoms with Gasteiger partial charge in [-0.1, -0.05) is 36.0 Å². The third kappa shape index (κ3) is 2.97. The van der Waals surface area contributed by atoms with E-state index in [2.05, 4.69) is 0 Å². The van der Waals surface area contributed by atoms with E-state index in [4.69, 9.17) is 5.73 Å². The quantitative estimate of drug-likeness (QED) is 0.685. The fourth-order valence-electron chi connectivity index (χ4n) is 1.80. The van der Waals surface area contributed by atoms with Crippen LogP contribution in [0.2, 0.25) is 0 Å². The molecule has 6 heteroatoms. The molecule has 0 aliphatic carbocycles. The van der Waals surface area contributed by atoms with Crippen molar-refractivity contribution in [1.29, 1.82) is 0 Å². The molecule has 0 radical (unpaired) electrons. The van der Waals surface area contributed by atoms with Crippen LogP contribution in [0.3, 0.4) is 0 Å². The van der Waals surface area contributed by atoms with Gasteiger partial charge in [-0.3, -0.25) is 10.1 Å². The van der Waals surface area contributed by atoms with Crippen LogP contribution in [0.15, 0.2) is 52.3 Å². The van der Waals surface area contributed by atoms with E-state index in [1.165, 1.54) is 12.1 Å². The molecule has 0 aliphatic heterocycles. The lowest BCUT2D eigenvalue weighted by Crippen LogP contribution is -2.07. The van der Waals surface area contributed by atoms with Gasteiger partial charge in [0.15, 0.2) is 0 Å². The van der Waals surface area contributed by atoms with Gasteiger partial charge in [-0.05, 0) is 24.6 Å². The van der Waals surface area contributed by atoms with Crippen molar-refractivity contribution in [3.63, 3.8) is 0 Å². The average molecular weight is 292 g/mol. The van der Waals surface area contributed by atoms with Crippen LogP contribution in [0, 0.1) is 15.9 Å². The minimum atomic E-state index is -0.477. The predicted octanol–water partition coefficient (Wildman–Crippen LogP) is 3.90. The number of halogens is 1. The summed E-state index contributed by atoms with van der Waals surface area (Å²) in [5.41, 5.74) is 6.41. The van der Waals surface area contributed by atoms with Crippen LogP contribution in [0.4, 0.5) is 10.1 Å². The number of nitrogens with two attached hydrogens (primary N) is 1. The minimum absolute atomic E-state index is 0.0450. The summed E-state index contributed by atoms with van der Waals surface area (Å²) < 4.78 is 14.0. The molecule has 104 valence electrons. The lowest BCUT2D eigenvalue weighted by atomic mass is 10.1. The minimum Gasteiger partial charge on any atom is -0.324 e. The molecule has 0 heterocycles. The number of nitro groups is 1. The van der Waals surface area contributed by atoms with E-state index in [1.54, 1.807) is 37.3 Å². The molecule has 1 unspecified atom stereocenters. The fourth-order valence-corrected chi connectivity index (χ4v) is 2.95. The molecule has 2 aromatic carbocycles. The van der Waals surface area contributed by atoms with Gasteiger partial charge in [0.05, 0.1) is 14.7 Å². The van der Waals surface area contributed by atoms with Crippen molar-refractivity contribution in [3.05, 3.63) is 64.0 Å². The molecule has 2 aromatic rings. The molecule has 0 amide bonds. The first-order valence-corrected chi connectivity index (χ1v) is 6.77. The Labute approximate surface area is 119 Å². The zero-order valence-corrected chi connectivity index (χ0v) is 11.6. The van der Waals surface area contributed by atoms with E-state index in [0.717, 1.165) is 11.8 Å². The Bertz CT molecular complexity index is 647. The molecule has 0 saturated heterocycles. The molecule has 1 atom stereocenters. The zero-order valence-electron chi connectivity index (χ0n) is 10.7. The lowest BCUT2D eigenvalue weighted by Gasteiger charge is -2.13. The largest absolute Gasteiger partial charge is 0.324 e. The van der Waals surface area contributed by atoms with Crippen LogP contribution in [-0.2, 0) is 0 Å². The molecule has 2 rings (SSSR count). The number of para-hydroxylation sites is 1. The zero-order chi connectivity index (χ0) is 14.7. The topological polar surface area (TPSA) is 69.2 Å². The predicted molar refractivity (Wildman–Crippen MR) is 76.2 cm³/mol. The molecular formula is C14H13FN2O2S. The first-order chi connectivity index (χ1) is 9.50. The van der Waals surface area contributed by atoms with E-state index in [-0.39, 0.29) is 11.7 Å². The Kier molecular flexibility index (Phi) is 4.36. The maximum absolute atomic E-state index is 14.0. The summed E-state index contributed by atoms with van der Waals surface area (Å²) in [6.07, 6.45) is 0. The van der Waals surface area contributed by atoms with Crippen molar-refractivity contribution in [1.82, 2.24) is 0 Å². The Hall–Kier alpha value is -1.92. The Balaban J connectivity index is 2.48. The number of benzene rings is 2. The third-order valence-electron chi connectivity index (χ3n) is 2.76. The summed E-state index contributed by atoms with van der Waals surface area (Å²) in [7, 11) is 0. The Morgan fingerprint density at radius 3 is 2.60 bits per heavy atom. The summed E-state index contributed by atoms with van der Waals surface area (Å²) in [4.78, 5) is 11.2. The van der Waals surface area contributed by atoms with Gasteiger partial charge >= 0.3 is 0 Å². The summed E-state index contributed by atoms with van der Waals surface area (Å²) in [5, 5.41) is 11.0. The van der Waals surface area contributed by atoms with E-state index < -0.39 is 10.7 Å².